The van der Waals surface area contributed by atoms with Gasteiger partial charge in [-0.15, -0.1) is 0 Å². The molecule has 0 aliphatic rings. The molecule has 0 aromatic carbocycles. The number of carbonyl (C=O) groups excluding carboxylic acids is 1. The molecule has 0 unspecified atom stereocenters. The first-order valence-electron chi connectivity index (χ1n) is 6.09. The molecule has 96 valence electrons. The molecule has 1 amide bonds. The number of hydrogen-bond donors (Lipinski definition) is 0. The van der Waals surface area contributed by atoms with Crippen LogP contribution in [0.25, 0.3) is 5.65 Å². The Morgan fingerprint density at radius 1 is 1.44 bits per heavy atom. The first-order chi connectivity index (χ1) is 8.67. The van der Waals surface area contributed by atoms with Crippen molar-refractivity contribution in [2.24, 2.45) is 0 Å². The molecule has 0 spiro atoms. The normalized spacial score (nSPS) is 10.8. The summed E-state index contributed by atoms with van der Waals surface area (Å²) in [5.41, 5.74) is 1.40. The second-order valence-corrected chi connectivity index (χ2v) is 5.02. The molecule has 2 aromatic heterocycles. The lowest BCUT2D eigenvalue weighted by Crippen LogP contribution is -2.32. The van der Waals surface area contributed by atoms with E-state index in [9.17, 15) is 4.79 Å². The summed E-state index contributed by atoms with van der Waals surface area (Å²) >= 11 is 3.41. The van der Waals surface area contributed by atoms with Crippen molar-refractivity contribution in [2.75, 3.05) is 13.1 Å². The zero-order valence-electron chi connectivity index (χ0n) is 10.6. The fourth-order valence-electron chi connectivity index (χ4n) is 1.95. The van der Waals surface area contributed by atoms with Crippen LogP contribution in [0.3, 0.4) is 0 Å². The SMILES string of the molecule is CCCN(CC)C(=O)c1cnc2ccc(Br)cn12. The number of carbonyl (C=O) groups is 1. The lowest BCUT2D eigenvalue weighted by Gasteiger charge is -2.19. The molecule has 0 bridgehead atoms. The second kappa shape index (κ2) is 5.52. The predicted octanol–water partition coefficient (Wildman–Crippen LogP) is 2.97. The number of aromatic nitrogens is 2. The molecule has 0 saturated carbocycles. The van der Waals surface area contributed by atoms with Crippen LogP contribution < -0.4 is 0 Å². The molecule has 2 rings (SSSR count). The number of pyridine rings is 1. The van der Waals surface area contributed by atoms with E-state index in [1.54, 1.807) is 6.20 Å². The average molecular weight is 310 g/mol. The standard InChI is InChI=1S/C13H16BrN3O/c1-3-7-16(4-2)13(18)11-8-15-12-6-5-10(14)9-17(11)12/h5-6,8-9H,3-4,7H2,1-2H3. The Bertz CT molecular complexity index is 564. The molecule has 2 heterocycles. The Morgan fingerprint density at radius 3 is 2.89 bits per heavy atom. The van der Waals surface area contributed by atoms with E-state index in [-0.39, 0.29) is 5.91 Å². The van der Waals surface area contributed by atoms with Crippen molar-refractivity contribution in [3.63, 3.8) is 0 Å². The number of imidazole rings is 1. The Balaban J connectivity index is 2.41. The van der Waals surface area contributed by atoms with Gasteiger partial charge in [-0.1, -0.05) is 6.92 Å². The summed E-state index contributed by atoms with van der Waals surface area (Å²) in [5.74, 6) is 0.0324. The molecule has 5 heteroatoms. The van der Waals surface area contributed by atoms with Crippen LogP contribution in [0.2, 0.25) is 0 Å². The summed E-state index contributed by atoms with van der Waals surface area (Å²) in [4.78, 5) is 18.5. The van der Waals surface area contributed by atoms with E-state index < -0.39 is 0 Å². The second-order valence-electron chi connectivity index (χ2n) is 4.10. The summed E-state index contributed by atoms with van der Waals surface area (Å²) in [6.07, 6.45) is 4.47. The van der Waals surface area contributed by atoms with Crippen LogP contribution in [0.5, 0.6) is 0 Å². The van der Waals surface area contributed by atoms with Crippen LogP contribution in [-0.2, 0) is 0 Å². The summed E-state index contributed by atoms with van der Waals surface area (Å²) in [6.45, 7) is 5.55. The van der Waals surface area contributed by atoms with Crippen LogP contribution in [0, 0.1) is 0 Å². The van der Waals surface area contributed by atoms with E-state index in [0.29, 0.717) is 12.2 Å². The quantitative estimate of drug-likeness (QED) is 0.871. The summed E-state index contributed by atoms with van der Waals surface area (Å²) in [7, 11) is 0. The van der Waals surface area contributed by atoms with Gasteiger partial charge in [0.15, 0.2) is 0 Å². The van der Waals surface area contributed by atoms with E-state index in [0.717, 1.165) is 23.1 Å². The number of rotatable bonds is 4. The van der Waals surface area contributed by atoms with Gasteiger partial charge in [-0.25, -0.2) is 4.98 Å². The maximum Gasteiger partial charge on any atom is 0.272 e. The topological polar surface area (TPSA) is 37.6 Å². The van der Waals surface area contributed by atoms with Gasteiger partial charge in [-0.05, 0) is 41.4 Å². The molecule has 0 N–H and O–H groups in total. The zero-order chi connectivity index (χ0) is 13.1. The van der Waals surface area contributed by atoms with Crippen molar-refractivity contribution < 1.29 is 4.79 Å². The van der Waals surface area contributed by atoms with Crippen molar-refractivity contribution in [1.29, 1.82) is 0 Å². The van der Waals surface area contributed by atoms with E-state index in [1.165, 1.54) is 0 Å². The fraction of sp³-hybridized carbons (Fsp3) is 0.385. The maximum atomic E-state index is 12.4. The lowest BCUT2D eigenvalue weighted by molar-refractivity contribution is 0.0757. The number of halogens is 1. The van der Waals surface area contributed by atoms with E-state index >= 15 is 0 Å². The van der Waals surface area contributed by atoms with Crippen molar-refractivity contribution >= 4 is 27.5 Å². The third kappa shape index (κ3) is 2.41. The molecule has 0 fully saturated rings. The van der Waals surface area contributed by atoms with Crippen LogP contribution >= 0.6 is 15.9 Å². The van der Waals surface area contributed by atoms with E-state index in [4.69, 9.17) is 0 Å². The largest absolute Gasteiger partial charge is 0.338 e. The van der Waals surface area contributed by atoms with Gasteiger partial charge < -0.3 is 4.90 Å². The van der Waals surface area contributed by atoms with Gasteiger partial charge in [0.25, 0.3) is 5.91 Å². The minimum absolute atomic E-state index is 0.0324. The molecule has 0 aliphatic heterocycles. The first kappa shape index (κ1) is 13.1. The van der Waals surface area contributed by atoms with Gasteiger partial charge in [-0.3, -0.25) is 9.20 Å². The third-order valence-corrected chi connectivity index (χ3v) is 3.32. The Labute approximate surface area is 115 Å². The molecule has 4 nitrogen and oxygen atoms in total. The highest BCUT2D eigenvalue weighted by atomic mass is 79.9. The highest BCUT2D eigenvalue weighted by Crippen LogP contribution is 2.15. The molecule has 0 aliphatic carbocycles. The highest BCUT2D eigenvalue weighted by molar-refractivity contribution is 9.10. The Morgan fingerprint density at radius 2 is 2.22 bits per heavy atom. The maximum absolute atomic E-state index is 12.4. The van der Waals surface area contributed by atoms with Crippen molar-refractivity contribution in [1.82, 2.24) is 14.3 Å². The van der Waals surface area contributed by atoms with Gasteiger partial charge in [-0.2, -0.15) is 0 Å². The van der Waals surface area contributed by atoms with Gasteiger partial charge in [0.2, 0.25) is 0 Å². The number of hydrogen-bond acceptors (Lipinski definition) is 2. The average Bonchev–Trinajstić information content (AvgIpc) is 2.78. The van der Waals surface area contributed by atoms with Crippen molar-refractivity contribution in [3.8, 4) is 0 Å². The van der Waals surface area contributed by atoms with Gasteiger partial charge in [0, 0.05) is 23.8 Å². The molecule has 2 aromatic rings. The number of fused-ring (bicyclic) bond motifs is 1. The smallest absolute Gasteiger partial charge is 0.272 e. The molecule has 18 heavy (non-hydrogen) atoms. The van der Waals surface area contributed by atoms with Crippen LogP contribution in [0.4, 0.5) is 0 Å². The predicted molar refractivity (Wildman–Crippen MR) is 74.8 cm³/mol. The fourth-order valence-corrected chi connectivity index (χ4v) is 2.28. The van der Waals surface area contributed by atoms with Crippen LogP contribution in [0.15, 0.2) is 29.0 Å². The molecular weight excluding hydrogens is 294 g/mol. The van der Waals surface area contributed by atoms with E-state index in [1.807, 2.05) is 34.6 Å². The Hall–Kier alpha value is -1.36. The highest BCUT2D eigenvalue weighted by Gasteiger charge is 2.17. The van der Waals surface area contributed by atoms with Gasteiger partial charge in [0.05, 0.1) is 6.20 Å². The first-order valence-corrected chi connectivity index (χ1v) is 6.88. The van der Waals surface area contributed by atoms with Crippen LogP contribution in [-0.4, -0.2) is 33.3 Å². The van der Waals surface area contributed by atoms with Crippen molar-refractivity contribution in [3.05, 3.63) is 34.7 Å². The lowest BCUT2D eigenvalue weighted by atomic mass is 10.3. The number of nitrogens with zero attached hydrogens (tertiary/aromatic N) is 3. The van der Waals surface area contributed by atoms with E-state index in [2.05, 4.69) is 27.8 Å². The minimum Gasteiger partial charge on any atom is -0.338 e. The Kier molecular flexibility index (Phi) is 4.01. The summed E-state index contributed by atoms with van der Waals surface area (Å²) < 4.78 is 2.76. The molecule has 0 atom stereocenters. The zero-order valence-corrected chi connectivity index (χ0v) is 12.1. The van der Waals surface area contributed by atoms with Crippen LogP contribution in [0.1, 0.15) is 30.8 Å². The molecule has 0 saturated heterocycles. The van der Waals surface area contributed by atoms with Gasteiger partial charge in [0.1, 0.15) is 11.3 Å². The minimum atomic E-state index is 0.0324. The summed E-state index contributed by atoms with van der Waals surface area (Å²) in [5, 5.41) is 0. The number of amides is 1. The molecule has 0 radical (unpaired) electrons. The third-order valence-electron chi connectivity index (χ3n) is 2.85. The summed E-state index contributed by atoms with van der Waals surface area (Å²) in [6, 6.07) is 3.80. The monoisotopic (exact) mass is 309 g/mol. The molecular formula is C13H16BrN3O. The van der Waals surface area contributed by atoms with Gasteiger partial charge >= 0.3 is 0 Å². The van der Waals surface area contributed by atoms with Crippen molar-refractivity contribution in [2.45, 2.75) is 20.3 Å².